The van der Waals surface area contributed by atoms with E-state index in [0.717, 1.165) is 22.9 Å². The number of nitrogens with one attached hydrogen (secondary N) is 2. The van der Waals surface area contributed by atoms with Crippen LogP contribution in [0, 0.1) is 0 Å². The van der Waals surface area contributed by atoms with E-state index in [-0.39, 0.29) is 17.6 Å². The van der Waals surface area contributed by atoms with Crippen LogP contribution < -0.4 is 15.4 Å². The number of carbonyl (C=O) groups is 2. The summed E-state index contributed by atoms with van der Waals surface area (Å²) in [6.07, 6.45) is -1.62. The predicted octanol–water partition coefficient (Wildman–Crippen LogP) is 4.32. The summed E-state index contributed by atoms with van der Waals surface area (Å²) in [6.45, 7) is 1.23. The van der Waals surface area contributed by atoms with Crippen LogP contribution in [-0.4, -0.2) is 55.3 Å². The zero-order valence-electron chi connectivity index (χ0n) is 19.9. The Balaban J connectivity index is 1.50. The van der Waals surface area contributed by atoms with E-state index in [1.807, 2.05) is 31.3 Å². The smallest absolute Gasteiger partial charge is 0.406 e. The molecule has 2 aromatic rings. The van der Waals surface area contributed by atoms with Gasteiger partial charge in [-0.15, -0.1) is 13.2 Å². The lowest BCUT2D eigenvalue weighted by Crippen LogP contribution is -2.54. The number of carbonyl (C=O) groups excluding carboxylic acids is 2. The fourth-order valence-corrected chi connectivity index (χ4v) is 4.97. The zero-order chi connectivity index (χ0) is 25.9. The van der Waals surface area contributed by atoms with Gasteiger partial charge in [0, 0.05) is 30.0 Å². The number of hydrogen-bond donors (Lipinski definition) is 2. The molecule has 2 fully saturated rings. The van der Waals surface area contributed by atoms with Crippen molar-refractivity contribution in [3.63, 3.8) is 0 Å². The lowest BCUT2D eigenvalue weighted by Gasteiger charge is -2.34. The Labute approximate surface area is 216 Å². The number of amides is 2. The fraction of sp³-hybridized carbons (Fsp3) is 0.462. The minimum absolute atomic E-state index is 0.120. The van der Waals surface area contributed by atoms with Gasteiger partial charge in [0.05, 0.1) is 5.41 Å². The Kier molecular flexibility index (Phi) is 7.94. The SMILES string of the molecule is CNC1CCN(C(=O)[C@H](Cc2ccc(Br)cc2)NC(=O)C2(c3ccc(OC(F)(F)F)cc3)CC2)CC1. The van der Waals surface area contributed by atoms with Crippen molar-refractivity contribution in [3.05, 3.63) is 64.1 Å². The van der Waals surface area contributed by atoms with Crippen LogP contribution in [-0.2, 0) is 21.4 Å². The summed E-state index contributed by atoms with van der Waals surface area (Å²) >= 11 is 3.41. The average Bonchev–Trinajstić information content (AvgIpc) is 3.66. The van der Waals surface area contributed by atoms with Crippen molar-refractivity contribution in [1.29, 1.82) is 0 Å². The van der Waals surface area contributed by atoms with Crippen molar-refractivity contribution < 1.29 is 27.5 Å². The van der Waals surface area contributed by atoms with E-state index in [9.17, 15) is 22.8 Å². The van der Waals surface area contributed by atoms with Gasteiger partial charge in [0.15, 0.2) is 0 Å². The maximum Gasteiger partial charge on any atom is 0.573 e. The highest BCUT2D eigenvalue weighted by molar-refractivity contribution is 9.10. The van der Waals surface area contributed by atoms with Crippen molar-refractivity contribution in [2.75, 3.05) is 20.1 Å². The summed E-state index contributed by atoms with van der Waals surface area (Å²) in [5.41, 5.74) is 0.674. The van der Waals surface area contributed by atoms with Gasteiger partial charge in [-0.2, -0.15) is 0 Å². The third kappa shape index (κ3) is 6.39. The first kappa shape index (κ1) is 26.5. The maximum absolute atomic E-state index is 13.5. The van der Waals surface area contributed by atoms with E-state index in [0.29, 0.717) is 44.0 Å². The molecule has 4 rings (SSSR count). The molecule has 1 saturated heterocycles. The molecule has 10 heteroatoms. The molecule has 6 nitrogen and oxygen atoms in total. The van der Waals surface area contributed by atoms with Gasteiger partial charge < -0.3 is 20.3 Å². The second-order valence-electron chi connectivity index (χ2n) is 9.40. The lowest BCUT2D eigenvalue weighted by molar-refractivity contribution is -0.274. The number of hydrogen-bond acceptors (Lipinski definition) is 4. The summed E-state index contributed by atoms with van der Waals surface area (Å²) in [5.74, 6) is -0.742. The summed E-state index contributed by atoms with van der Waals surface area (Å²) in [5, 5.41) is 6.24. The van der Waals surface area contributed by atoms with Crippen molar-refractivity contribution in [3.8, 4) is 5.75 Å². The number of ether oxygens (including phenoxy) is 1. The van der Waals surface area contributed by atoms with Crippen LogP contribution in [0.2, 0.25) is 0 Å². The van der Waals surface area contributed by atoms with Crippen LogP contribution in [0.1, 0.15) is 36.8 Å². The molecule has 0 aromatic heterocycles. The molecular weight excluding hydrogens is 539 g/mol. The number of likely N-dealkylation sites (tertiary alicyclic amines) is 1. The number of piperidine rings is 1. The normalized spacial score (nSPS) is 18.4. The molecule has 2 aromatic carbocycles. The quantitative estimate of drug-likeness (QED) is 0.498. The Hall–Kier alpha value is -2.59. The van der Waals surface area contributed by atoms with E-state index in [2.05, 4.69) is 31.3 Å². The molecule has 0 unspecified atom stereocenters. The van der Waals surface area contributed by atoms with Gasteiger partial charge in [0.2, 0.25) is 11.8 Å². The number of benzene rings is 2. The molecule has 0 spiro atoms. The standard InChI is InChI=1S/C26H29BrF3N3O3/c1-31-20-10-14-33(15-11-20)23(34)22(16-17-2-6-19(27)7-3-17)32-24(35)25(12-13-25)18-4-8-21(9-5-18)36-26(28,29)30/h2-9,20,22,31H,10-16H2,1H3,(H,32,35)/t22-/m0/s1. The minimum atomic E-state index is -4.78. The molecule has 1 aliphatic carbocycles. The summed E-state index contributed by atoms with van der Waals surface area (Å²) < 4.78 is 42.4. The molecule has 194 valence electrons. The van der Waals surface area contributed by atoms with Crippen LogP contribution >= 0.6 is 15.9 Å². The van der Waals surface area contributed by atoms with Crippen LogP contribution in [0.4, 0.5) is 13.2 Å². The molecule has 0 radical (unpaired) electrons. The van der Waals surface area contributed by atoms with Gasteiger partial charge in [0.1, 0.15) is 11.8 Å². The Morgan fingerprint density at radius 3 is 2.22 bits per heavy atom. The van der Waals surface area contributed by atoms with E-state index >= 15 is 0 Å². The Morgan fingerprint density at radius 1 is 1.08 bits per heavy atom. The molecule has 1 atom stereocenters. The van der Waals surface area contributed by atoms with Crippen molar-refractivity contribution in [2.45, 2.75) is 56.0 Å². The maximum atomic E-state index is 13.5. The molecule has 2 N–H and O–H groups in total. The first-order valence-corrected chi connectivity index (χ1v) is 12.8. The fourth-order valence-electron chi connectivity index (χ4n) is 4.71. The number of alkyl halides is 3. The van der Waals surface area contributed by atoms with Gasteiger partial charge in [0.25, 0.3) is 0 Å². The highest BCUT2D eigenvalue weighted by atomic mass is 79.9. The van der Waals surface area contributed by atoms with E-state index in [1.54, 1.807) is 4.90 Å². The van der Waals surface area contributed by atoms with Gasteiger partial charge in [-0.1, -0.05) is 40.2 Å². The highest BCUT2D eigenvalue weighted by Gasteiger charge is 2.52. The molecule has 36 heavy (non-hydrogen) atoms. The minimum Gasteiger partial charge on any atom is -0.406 e. The first-order valence-electron chi connectivity index (χ1n) is 12.0. The highest BCUT2D eigenvalue weighted by Crippen LogP contribution is 2.49. The Bertz CT molecular complexity index is 1060. The number of rotatable bonds is 8. The lowest BCUT2D eigenvalue weighted by atomic mass is 9.93. The zero-order valence-corrected chi connectivity index (χ0v) is 21.5. The van der Waals surface area contributed by atoms with Crippen LogP contribution in [0.3, 0.4) is 0 Å². The van der Waals surface area contributed by atoms with Crippen LogP contribution in [0.15, 0.2) is 53.0 Å². The topological polar surface area (TPSA) is 70.7 Å². The molecule has 1 heterocycles. The van der Waals surface area contributed by atoms with Crippen LogP contribution in [0.5, 0.6) is 5.75 Å². The third-order valence-corrected chi connectivity index (χ3v) is 7.53. The second kappa shape index (κ2) is 10.8. The molecular formula is C26H29BrF3N3O3. The Morgan fingerprint density at radius 2 is 1.69 bits per heavy atom. The van der Waals surface area contributed by atoms with Crippen molar-refractivity contribution in [2.24, 2.45) is 0 Å². The van der Waals surface area contributed by atoms with Crippen LogP contribution in [0.25, 0.3) is 0 Å². The number of nitrogens with zero attached hydrogens (tertiary/aromatic N) is 1. The van der Waals surface area contributed by atoms with Crippen molar-refractivity contribution in [1.82, 2.24) is 15.5 Å². The molecule has 0 bridgehead atoms. The summed E-state index contributed by atoms with van der Waals surface area (Å²) in [4.78, 5) is 28.8. The van der Waals surface area contributed by atoms with E-state index < -0.39 is 17.8 Å². The molecule has 2 amide bonds. The first-order chi connectivity index (χ1) is 17.1. The van der Waals surface area contributed by atoms with Gasteiger partial charge in [-0.05, 0) is 68.1 Å². The average molecular weight is 568 g/mol. The third-order valence-electron chi connectivity index (χ3n) is 7.00. The van der Waals surface area contributed by atoms with Gasteiger partial charge >= 0.3 is 6.36 Å². The largest absolute Gasteiger partial charge is 0.573 e. The molecule has 2 aliphatic rings. The predicted molar refractivity (Wildman–Crippen MR) is 132 cm³/mol. The monoisotopic (exact) mass is 567 g/mol. The summed E-state index contributed by atoms with van der Waals surface area (Å²) in [7, 11) is 1.91. The molecule has 1 saturated carbocycles. The molecule has 1 aliphatic heterocycles. The van der Waals surface area contributed by atoms with E-state index in [4.69, 9.17) is 0 Å². The van der Waals surface area contributed by atoms with Gasteiger partial charge in [-0.25, -0.2) is 0 Å². The second-order valence-corrected chi connectivity index (χ2v) is 10.3. The summed E-state index contributed by atoms with van der Waals surface area (Å²) in [6, 6.07) is 12.6. The van der Waals surface area contributed by atoms with E-state index in [1.165, 1.54) is 24.3 Å². The van der Waals surface area contributed by atoms with Crippen molar-refractivity contribution >= 4 is 27.7 Å². The van der Waals surface area contributed by atoms with Gasteiger partial charge in [-0.3, -0.25) is 9.59 Å². The number of halogens is 4.